The Balaban J connectivity index is 1.48. The Hall–Kier alpha value is -3.99. The lowest BCUT2D eigenvalue weighted by Crippen LogP contribution is -2.38. The number of hydrogen-bond acceptors (Lipinski definition) is 8. The summed E-state index contributed by atoms with van der Waals surface area (Å²) in [5.74, 6) is 2.12. The first-order chi connectivity index (χ1) is 20.8. The standard InChI is InChI=1S/C32H40N6O4S/c1-6-17-43-32-35-31-33-22(4)28(30(40)34-24-12-10-11-20(2)21(24)3)29(38(31)36-32)23-13-14-25(26(18-23)41-5)42-19-27(39)37-15-8-7-9-16-37/h10-14,18,29H,6-9,15-17,19H2,1-5H3,(H,34,40)(H,33,35,36). The van der Waals surface area contributed by atoms with Crippen LogP contribution in [0.25, 0.3) is 0 Å². The number of nitrogens with one attached hydrogen (secondary N) is 2. The van der Waals surface area contributed by atoms with Crippen molar-refractivity contribution >= 4 is 35.2 Å². The SMILES string of the molecule is CCCSc1nc2n(n1)C(c1ccc(OCC(=O)N3CCCCC3)c(OC)c1)C(C(=O)Nc1cccc(C)c1C)=C(C)N2. The van der Waals surface area contributed by atoms with Gasteiger partial charge in [0.1, 0.15) is 6.04 Å². The zero-order valence-electron chi connectivity index (χ0n) is 25.5. The number of hydrogen-bond donors (Lipinski definition) is 2. The number of methoxy groups -OCH3 is 1. The van der Waals surface area contributed by atoms with Crippen molar-refractivity contribution < 1.29 is 19.1 Å². The van der Waals surface area contributed by atoms with E-state index in [0.717, 1.165) is 66.9 Å². The molecule has 11 heteroatoms. The average Bonchev–Trinajstić information content (AvgIpc) is 3.42. The van der Waals surface area contributed by atoms with Crippen molar-refractivity contribution in [1.82, 2.24) is 19.7 Å². The van der Waals surface area contributed by atoms with E-state index in [1.165, 1.54) is 0 Å². The number of thioether (sulfide) groups is 1. The summed E-state index contributed by atoms with van der Waals surface area (Å²) < 4.78 is 13.4. The molecular weight excluding hydrogens is 564 g/mol. The third kappa shape index (κ3) is 6.66. The van der Waals surface area contributed by atoms with Gasteiger partial charge in [-0.2, -0.15) is 4.98 Å². The predicted molar refractivity (Wildman–Crippen MR) is 169 cm³/mol. The lowest BCUT2D eigenvalue weighted by Gasteiger charge is -2.29. The van der Waals surface area contributed by atoms with E-state index in [9.17, 15) is 9.59 Å². The van der Waals surface area contributed by atoms with Crippen molar-refractivity contribution in [2.24, 2.45) is 0 Å². The minimum absolute atomic E-state index is 0.0301. The van der Waals surface area contributed by atoms with Gasteiger partial charge in [-0.3, -0.25) is 9.59 Å². The predicted octanol–water partition coefficient (Wildman–Crippen LogP) is 5.72. The van der Waals surface area contributed by atoms with Crippen LogP contribution >= 0.6 is 11.8 Å². The second kappa shape index (κ2) is 13.5. The molecule has 3 aromatic rings. The Morgan fingerprint density at radius 1 is 1.09 bits per heavy atom. The molecule has 2 aromatic carbocycles. The first-order valence-electron chi connectivity index (χ1n) is 14.8. The van der Waals surface area contributed by atoms with Crippen molar-refractivity contribution in [3.63, 3.8) is 0 Å². The fourth-order valence-corrected chi connectivity index (χ4v) is 6.10. The molecule has 0 aliphatic carbocycles. The van der Waals surface area contributed by atoms with Crippen LogP contribution in [0.15, 0.2) is 52.8 Å². The van der Waals surface area contributed by atoms with E-state index >= 15 is 0 Å². The van der Waals surface area contributed by atoms with Crippen LogP contribution < -0.4 is 20.1 Å². The van der Waals surface area contributed by atoms with Crippen molar-refractivity contribution in [2.45, 2.75) is 64.6 Å². The Morgan fingerprint density at radius 3 is 2.63 bits per heavy atom. The number of aryl methyl sites for hydroxylation is 1. The third-order valence-corrected chi connectivity index (χ3v) is 8.97. The number of piperidine rings is 1. The van der Waals surface area contributed by atoms with Gasteiger partial charge in [-0.15, -0.1) is 5.10 Å². The molecule has 1 fully saturated rings. The number of rotatable bonds is 10. The molecule has 2 aliphatic heterocycles. The molecule has 2 aliphatic rings. The average molecular weight is 605 g/mol. The molecule has 43 heavy (non-hydrogen) atoms. The molecule has 1 saturated heterocycles. The summed E-state index contributed by atoms with van der Waals surface area (Å²) in [6.45, 7) is 9.49. The fraction of sp³-hybridized carbons (Fsp3) is 0.438. The number of anilines is 2. The summed E-state index contributed by atoms with van der Waals surface area (Å²) >= 11 is 1.58. The van der Waals surface area contributed by atoms with Crippen molar-refractivity contribution in [2.75, 3.05) is 43.2 Å². The summed E-state index contributed by atoms with van der Waals surface area (Å²) in [5.41, 5.74) is 4.84. The zero-order valence-corrected chi connectivity index (χ0v) is 26.3. The minimum atomic E-state index is -0.581. The molecule has 3 heterocycles. The van der Waals surface area contributed by atoms with E-state index in [1.54, 1.807) is 29.6 Å². The normalized spacial score (nSPS) is 16.4. The number of carbonyl (C=O) groups is 2. The first kappa shape index (κ1) is 30.5. The number of benzene rings is 2. The number of ether oxygens (including phenoxy) is 2. The van der Waals surface area contributed by atoms with Crippen molar-refractivity contribution in [1.29, 1.82) is 0 Å². The molecule has 0 bridgehead atoms. The number of aromatic nitrogens is 3. The number of amides is 2. The van der Waals surface area contributed by atoms with Gasteiger partial charge in [-0.05, 0) is 81.3 Å². The Kier molecular flexibility index (Phi) is 9.59. The van der Waals surface area contributed by atoms with Gasteiger partial charge in [-0.1, -0.05) is 36.9 Å². The number of likely N-dealkylation sites (tertiary alicyclic amines) is 1. The van der Waals surface area contributed by atoms with Crippen molar-refractivity contribution in [3.8, 4) is 11.5 Å². The van der Waals surface area contributed by atoms with E-state index in [1.807, 2.05) is 56.0 Å². The fourth-order valence-electron chi connectivity index (χ4n) is 5.41. The summed E-state index contributed by atoms with van der Waals surface area (Å²) in [5, 5.41) is 11.9. The highest BCUT2D eigenvalue weighted by atomic mass is 32.2. The number of allylic oxidation sites excluding steroid dienone is 1. The molecule has 1 unspecified atom stereocenters. The molecule has 10 nitrogen and oxygen atoms in total. The Bertz CT molecular complexity index is 1530. The van der Waals surface area contributed by atoms with Crippen LogP contribution in [-0.2, 0) is 9.59 Å². The van der Waals surface area contributed by atoms with Gasteiger partial charge in [0.15, 0.2) is 18.1 Å². The smallest absolute Gasteiger partial charge is 0.260 e. The van der Waals surface area contributed by atoms with Crippen LogP contribution in [0.4, 0.5) is 11.6 Å². The van der Waals surface area contributed by atoms with Gasteiger partial charge >= 0.3 is 0 Å². The van der Waals surface area contributed by atoms with Crippen LogP contribution in [0.1, 0.15) is 62.3 Å². The topological polar surface area (TPSA) is 111 Å². The highest BCUT2D eigenvalue weighted by molar-refractivity contribution is 7.99. The van der Waals surface area contributed by atoms with Gasteiger partial charge in [0, 0.05) is 30.2 Å². The van der Waals surface area contributed by atoms with Crippen LogP contribution in [0, 0.1) is 13.8 Å². The quantitative estimate of drug-likeness (QED) is 0.283. The Labute approximate surface area is 257 Å². The Morgan fingerprint density at radius 2 is 1.88 bits per heavy atom. The van der Waals surface area contributed by atoms with Crippen LogP contribution in [-0.4, -0.2) is 64.0 Å². The minimum Gasteiger partial charge on any atom is -0.493 e. The highest BCUT2D eigenvalue weighted by Gasteiger charge is 2.35. The van der Waals surface area contributed by atoms with Gasteiger partial charge in [-0.25, -0.2) is 4.68 Å². The molecule has 1 aromatic heterocycles. The molecule has 228 valence electrons. The van der Waals surface area contributed by atoms with Crippen molar-refractivity contribution in [3.05, 3.63) is 64.4 Å². The van der Waals surface area contributed by atoms with Gasteiger partial charge < -0.3 is 25.0 Å². The molecule has 1 atom stereocenters. The monoisotopic (exact) mass is 604 g/mol. The molecule has 0 spiro atoms. The van der Waals surface area contributed by atoms with Crippen LogP contribution in [0.5, 0.6) is 11.5 Å². The van der Waals surface area contributed by atoms with E-state index in [2.05, 4.69) is 17.6 Å². The van der Waals surface area contributed by atoms with Crippen LogP contribution in [0.3, 0.4) is 0 Å². The number of fused-ring (bicyclic) bond motifs is 1. The van der Waals surface area contributed by atoms with E-state index in [-0.39, 0.29) is 18.4 Å². The van der Waals surface area contributed by atoms with Gasteiger partial charge in [0.05, 0.1) is 12.7 Å². The number of carbonyl (C=O) groups excluding carboxylic acids is 2. The molecule has 0 saturated carbocycles. The molecule has 0 radical (unpaired) electrons. The third-order valence-electron chi connectivity index (χ3n) is 7.93. The maximum atomic E-state index is 14.0. The largest absolute Gasteiger partial charge is 0.493 e. The lowest BCUT2D eigenvalue weighted by atomic mass is 9.94. The van der Waals surface area contributed by atoms with Gasteiger partial charge in [0.25, 0.3) is 11.8 Å². The van der Waals surface area contributed by atoms with Gasteiger partial charge in [0.2, 0.25) is 11.1 Å². The lowest BCUT2D eigenvalue weighted by molar-refractivity contribution is -0.134. The number of nitrogens with zero attached hydrogens (tertiary/aromatic N) is 4. The molecule has 2 amide bonds. The molecular formula is C32H40N6O4S. The molecule has 2 N–H and O–H groups in total. The second-order valence-corrected chi connectivity index (χ2v) is 12.0. The summed E-state index contributed by atoms with van der Waals surface area (Å²) in [6.07, 6.45) is 4.19. The summed E-state index contributed by atoms with van der Waals surface area (Å²) in [4.78, 5) is 33.3. The van der Waals surface area contributed by atoms with E-state index in [4.69, 9.17) is 19.6 Å². The van der Waals surface area contributed by atoms with E-state index < -0.39 is 6.04 Å². The first-order valence-corrected chi connectivity index (χ1v) is 15.8. The second-order valence-electron chi connectivity index (χ2n) is 10.9. The molecule has 5 rings (SSSR count). The highest BCUT2D eigenvalue weighted by Crippen LogP contribution is 2.40. The maximum absolute atomic E-state index is 14.0. The van der Waals surface area contributed by atoms with E-state index in [0.29, 0.717) is 33.9 Å². The summed E-state index contributed by atoms with van der Waals surface area (Å²) in [6, 6.07) is 10.8. The zero-order chi connectivity index (χ0) is 30.5. The summed E-state index contributed by atoms with van der Waals surface area (Å²) in [7, 11) is 1.57. The van der Waals surface area contributed by atoms with Crippen LogP contribution in [0.2, 0.25) is 0 Å². The maximum Gasteiger partial charge on any atom is 0.260 e.